The van der Waals surface area contributed by atoms with E-state index in [2.05, 4.69) is 43.5 Å². The Bertz CT molecular complexity index is 537. The van der Waals surface area contributed by atoms with Crippen molar-refractivity contribution in [3.8, 4) is 0 Å². The van der Waals surface area contributed by atoms with E-state index in [4.69, 9.17) is 9.72 Å². The molecule has 0 aliphatic carbocycles. The summed E-state index contributed by atoms with van der Waals surface area (Å²) in [6.45, 7) is 11.2. The molecular weight excluding hydrogens is 236 g/mol. The average molecular weight is 260 g/mol. The van der Waals surface area contributed by atoms with Gasteiger partial charge in [0.1, 0.15) is 5.82 Å². The first-order chi connectivity index (χ1) is 9.04. The van der Waals surface area contributed by atoms with Crippen molar-refractivity contribution in [1.29, 1.82) is 0 Å². The van der Waals surface area contributed by atoms with Gasteiger partial charge in [0.15, 0.2) is 0 Å². The van der Waals surface area contributed by atoms with Crippen LogP contribution in [0.5, 0.6) is 0 Å². The Hall–Kier alpha value is -1.35. The van der Waals surface area contributed by atoms with Gasteiger partial charge in [-0.1, -0.05) is 32.9 Å². The smallest absolute Gasteiger partial charge is 0.115 e. The summed E-state index contributed by atoms with van der Waals surface area (Å²) in [7, 11) is 0. The van der Waals surface area contributed by atoms with Crippen LogP contribution in [0.25, 0.3) is 11.0 Å². The molecule has 1 heterocycles. The van der Waals surface area contributed by atoms with Crippen LogP contribution in [0.2, 0.25) is 0 Å². The van der Waals surface area contributed by atoms with Crippen molar-refractivity contribution in [3.05, 3.63) is 30.1 Å². The Balaban J connectivity index is 2.32. The number of aryl methyl sites for hydroxylation is 1. The molecule has 0 radical (unpaired) electrons. The molecule has 19 heavy (non-hydrogen) atoms. The molecule has 3 nitrogen and oxygen atoms in total. The maximum atomic E-state index is 5.44. The van der Waals surface area contributed by atoms with E-state index in [1.54, 1.807) is 0 Å². The van der Waals surface area contributed by atoms with E-state index in [9.17, 15) is 0 Å². The molecule has 0 fully saturated rings. The van der Waals surface area contributed by atoms with E-state index in [-0.39, 0.29) is 5.41 Å². The SMILES string of the molecule is CCOCCCn1c(C(C)(C)C)nc2ccccc21. The van der Waals surface area contributed by atoms with Gasteiger partial charge in [0.25, 0.3) is 0 Å². The highest BCUT2D eigenvalue weighted by molar-refractivity contribution is 5.76. The second kappa shape index (κ2) is 5.74. The quantitative estimate of drug-likeness (QED) is 0.765. The third-order valence-electron chi connectivity index (χ3n) is 3.20. The third kappa shape index (κ3) is 3.16. The first-order valence-electron chi connectivity index (χ1n) is 7.07. The zero-order valence-electron chi connectivity index (χ0n) is 12.4. The molecule has 2 rings (SSSR count). The second-order valence-electron chi connectivity index (χ2n) is 5.88. The molecule has 0 bridgehead atoms. The summed E-state index contributed by atoms with van der Waals surface area (Å²) >= 11 is 0. The zero-order chi connectivity index (χ0) is 13.9. The average Bonchev–Trinajstić information content (AvgIpc) is 2.74. The van der Waals surface area contributed by atoms with Gasteiger partial charge in [0, 0.05) is 25.2 Å². The standard InChI is InChI=1S/C16H24N2O/c1-5-19-12-8-11-18-14-10-7-6-9-13(14)17-15(18)16(2,3)4/h6-7,9-10H,5,8,11-12H2,1-4H3. The first kappa shape index (κ1) is 14.1. The molecule has 0 saturated heterocycles. The number of aromatic nitrogens is 2. The number of nitrogens with zero attached hydrogens (tertiary/aromatic N) is 2. The summed E-state index contributed by atoms with van der Waals surface area (Å²) in [6, 6.07) is 8.36. The van der Waals surface area contributed by atoms with Gasteiger partial charge in [0.2, 0.25) is 0 Å². The Kier molecular flexibility index (Phi) is 4.25. The maximum absolute atomic E-state index is 5.44. The Morgan fingerprint density at radius 2 is 1.95 bits per heavy atom. The van der Waals surface area contributed by atoms with Crippen molar-refractivity contribution in [2.45, 2.75) is 46.1 Å². The highest BCUT2D eigenvalue weighted by atomic mass is 16.5. The molecule has 0 saturated carbocycles. The molecule has 1 aromatic heterocycles. The minimum absolute atomic E-state index is 0.0602. The summed E-state index contributed by atoms with van der Waals surface area (Å²) in [5.41, 5.74) is 2.37. The van der Waals surface area contributed by atoms with Crippen molar-refractivity contribution in [2.24, 2.45) is 0 Å². The highest BCUT2D eigenvalue weighted by Crippen LogP contribution is 2.26. The molecule has 0 spiro atoms. The molecule has 0 amide bonds. The van der Waals surface area contributed by atoms with Crippen LogP contribution in [0.15, 0.2) is 24.3 Å². The predicted molar refractivity (Wildman–Crippen MR) is 79.5 cm³/mol. The lowest BCUT2D eigenvalue weighted by Crippen LogP contribution is -2.19. The Labute approximate surface area is 115 Å². The molecule has 0 aliphatic heterocycles. The number of hydrogen-bond acceptors (Lipinski definition) is 2. The van der Waals surface area contributed by atoms with Crippen LogP contribution in [-0.4, -0.2) is 22.8 Å². The van der Waals surface area contributed by atoms with Gasteiger partial charge < -0.3 is 9.30 Å². The van der Waals surface area contributed by atoms with Crippen LogP contribution in [0, 0.1) is 0 Å². The van der Waals surface area contributed by atoms with Crippen molar-refractivity contribution in [3.63, 3.8) is 0 Å². The van der Waals surface area contributed by atoms with Crippen LogP contribution < -0.4 is 0 Å². The molecule has 0 N–H and O–H groups in total. The number of para-hydroxylation sites is 2. The van der Waals surface area contributed by atoms with Crippen molar-refractivity contribution in [2.75, 3.05) is 13.2 Å². The molecule has 0 aliphatic rings. The number of rotatable bonds is 5. The van der Waals surface area contributed by atoms with Gasteiger partial charge in [0.05, 0.1) is 11.0 Å². The van der Waals surface area contributed by atoms with Crippen LogP contribution >= 0.6 is 0 Å². The fourth-order valence-electron chi connectivity index (χ4n) is 2.34. The molecule has 3 heteroatoms. The van der Waals surface area contributed by atoms with Crippen LogP contribution in [-0.2, 0) is 16.7 Å². The van der Waals surface area contributed by atoms with Crippen molar-refractivity contribution >= 4 is 11.0 Å². The van der Waals surface area contributed by atoms with Gasteiger partial charge in [-0.05, 0) is 25.5 Å². The van der Waals surface area contributed by atoms with E-state index < -0.39 is 0 Å². The van der Waals surface area contributed by atoms with E-state index in [0.717, 1.165) is 37.5 Å². The number of hydrogen-bond donors (Lipinski definition) is 0. The largest absolute Gasteiger partial charge is 0.382 e. The number of imidazole rings is 1. The topological polar surface area (TPSA) is 27.1 Å². The minimum Gasteiger partial charge on any atom is -0.382 e. The fraction of sp³-hybridized carbons (Fsp3) is 0.562. The van der Waals surface area contributed by atoms with Gasteiger partial charge in [-0.15, -0.1) is 0 Å². The molecule has 1 aromatic carbocycles. The van der Waals surface area contributed by atoms with Gasteiger partial charge >= 0.3 is 0 Å². The molecule has 0 unspecified atom stereocenters. The summed E-state index contributed by atoms with van der Waals surface area (Å²) in [6.07, 6.45) is 1.03. The summed E-state index contributed by atoms with van der Waals surface area (Å²) in [4.78, 5) is 4.80. The molecule has 104 valence electrons. The predicted octanol–water partition coefficient (Wildman–Crippen LogP) is 3.76. The molecular formula is C16H24N2O. The van der Waals surface area contributed by atoms with E-state index >= 15 is 0 Å². The van der Waals surface area contributed by atoms with Crippen LogP contribution in [0.3, 0.4) is 0 Å². The summed E-state index contributed by atoms with van der Waals surface area (Å²) in [5, 5.41) is 0. The zero-order valence-corrected chi connectivity index (χ0v) is 12.4. The monoisotopic (exact) mass is 260 g/mol. The lowest BCUT2D eigenvalue weighted by molar-refractivity contribution is 0.141. The first-order valence-corrected chi connectivity index (χ1v) is 7.07. The van der Waals surface area contributed by atoms with Crippen molar-refractivity contribution in [1.82, 2.24) is 9.55 Å². The fourth-order valence-corrected chi connectivity index (χ4v) is 2.34. The molecule has 0 atom stereocenters. The van der Waals surface area contributed by atoms with Crippen molar-refractivity contribution < 1.29 is 4.74 Å². The van der Waals surface area contributed by atoms with E-state index in [1.807, 2.05) is 13.0 Å². The van der Waals surface area contributed by atoms with Gasteiger partial charge in [-0.3, -0.25) is 0 Å². The van der Waals surface area contributed by atoms with Crippen LogP contribution in [0.4, 0.5) is 0 Å². The third-order valence-corrected chi connectivity index (χ3v) is 3.20. The van der Waals surface area contributed by atoms with E-state index in [1.165, 1.54) is 5.52 Å². The summed E-state index contributed by atoms with van der Waals surface area (Å²) < 4.78 is 7.78. The number of fused-ring (bicyclic) bond motifs is 1. The lowest BCUT2D eigenvalue weighted by atomic mass is 9.95. The number of benzene rings is 1. The Morgan fingerprint density at radius 3 is 2.63 bits per heavy atom. The maximum Gasteiger partial charge on any atom is 0.115 e. The highest BCUT2D eigenvalue weighted by Gasteiger charge is 2.22. The van der Waals surface area contributed by atoms with Gasteiger partial charge in [-0.2, -0.15) is 0 Å². The van der Waals surface area contributed by atoms with E-state index in [0.29, 0.717) is 0 Å². The lowest BCUT2D eigenvalue weighted by Gasteiger charge is -2.20. The minimum atomic E-state index is 0.0602. The second-order valence-corrected chi connectivity index (χ2v) is 5.88. The number of ether oxygens (including phenoxy) is 1. The van der Waals surface area contributed by atoms with Gasteiger partial charge in [-0.25, -0.2) is 4.98 Å². The molecule has 2 aromatic rings. The normalized spacial score (nSPS) is 12.2. The summed E-state index contributed by atoms with van der Waals surface area (Å²) in [5.74, 6) is 1.16. The Morgan fingerprint density at radius 1 is 1.21 bits per heavy atom. The van der Waals surface area contributed by atoms with Crippen LogP contribution in [0.1, 0.15) is 39.9 Å².